The van der Waals surface area contributed by atoms with Crippen molar-refractivity contribution in [2.45, 2.75) is 49.6 Å². The SMILES string of the molecule is O=C(CC1C(=O)Nc2ccccc2N1S(=O)(=O)c1ccc2c(c1)CCCC2)NCc1ccccc1. The van der Waals surface area contributed by atoms with Gasteiger partial charge in [-0.1, -0.05) is 48.5 Å². The summed E-state index contributed by atoms with van der Waals surface area (Å²) in [6.07, 6.45) is 3.60. The van der Waals surface area contributed by atoms with E-state index in [4.69, 9.17) is 0 Å². The van der Waals surface area contributed by atoms with Gasteiger partial charge < -0.3 is 10.6 Å². The lowest BCUT2D eigenvalue weighted by molar-refractivity contribution is -0.125. The van der Waals surface area contributed by atoms with E-state index in [1.165, 1.54) is 5.56 Å². The molecule has 2 N–H and O–H groups in total. The van der Waals surface area contributed by atoms with E-state index in [0.717, 1.165) is 41.1 Å². The number of nitrogens with zero attached hydrogens (tertiary/aromatic N) is 1. The number of amides is 2. The number of hydrogen-bond donors (Lipinski definition) is 2. The van der Waals surface area contributed by atoms with Crippen molar-refractivity contribution in [2.24, 2.45) is 0 Å². The second kappa shape index (κ2) is 9.54. The van der Waals surface area contributed by atoms with E-state index in [-0.39, 0.29) is 11.3 Å². The number of aryl methyl sites for hydroxylation is 2. The molecule has 1 aliphatic carbocycles. The van der Waals surface area contributed by atoms with Crippen molar-refractivity contribution in [1.82, 2.24) is 5.32 Å². The van der Waals surface area contributed by atoms with Crippen LogP contribution in [0.5, 0.6) is 0 Å². The Morgan fingerprint density at radius 1 is 0.943 bits per heavy atom. The van der Waals surface area contributed by atoms with E-state index in [2.05, 4.69) is 10.6 Å². The average molecular weight is 490 g/mol. The molecule has 0 spiro atoms. The van der Waals surface area contributed by atoms with Gasteiger partial charge in [0.25, 0.3) is 10.0 Å². The molecule has 3 aromatic carbocycles. The van der Waals surface area contributed by atoms with E-state index in [1.807, 2.05) is 36.4 Å². The predicted molar refractivity (Wildman–Crippen MR) is 135 cm³/mol. The molecule has 0 radical (unpaired) electrons. The third kappa shape index (κ3) is 4.66. The van der Waals surface area contributed by atoms with Crippen LogP contribution in [0.1, 0.15) is 36.0 Å². The zero-order valence-corrected chi connectivity index (χ0v) is 20.1. The first-order chi connectivity index (χ1) is 16.9. The molecular formula is C27H27N3O4S. The quantitative estimate of drug-likeness (QED) is 0.551. The van der Waals surface area contributed by atoms with Crippen LogP contribution in [0.3, 0.4) is 0 Å². The Kier molecular flexibility index (Phi) is 6.30. The first-order valence-corrected chi connectivity index (χ1v) is 13.2. The molecule has 35 heavy (non-hydrogen) atoms. The van der Waals surface area contributed by atoms with Gasteiger partial charge in [-0.2, -0.15) is 0 Å². The standard InChI is InChI=1S/C27H27N3O4S/c31-26(28-18-19-8-2-1-3-9-19)17-25-27(32)29-23-12-6-7-13-24(23)30(25)35(33,34)22-15-14-20-10-4-5-11-21(20)16-22/h1-3,6-9,12-16,25H,4-5,10-11,17-18H2,(H,28,31)(H,29,32). The predicted octanol–water partition coefficient (Wildman–Crippen LogP) is 3.79. The molecular weight excluding hydrogens is 462 g/mol. The van der Waals surface area contributed by atoms with Crippen LogP contribution in [0.25, 0.3) is 0 Å². The summed E-state index contributed by atoms with van der Waals surface area (Å²) in [7, 11) is -4.11. The van der Waals surface area contributed by atoms with Crippen molar-refractivity contribution < 1.29 is 18.0 Å². The highest BCUT2D eigenvalue weighted by Gasteiger charge is 2.42. The van der Waals surface area contributed by atoms with Crippen molar-refractivity contribution >= 4 is 33.2 Å². The van der Waals surface area contributed by atoms with Gasteiger partial charge in [0.15, 0.2) is 0 Å². The first-order valence-electron chi connectivity index (χ1n) is 11.8. The van der Waals surface area contributed by atoms with E-state index in [9.17, 15) is 18.0 Å². The fourth-order valence-corrected chi connectivity index (χ4v) is 6.44. The zero-order valence-electron chi connectivity index (χ0n) is 19.2. The highest BCUT2D eigenvalue weighted by atomic mass is 32.2. The van der Waals surface area contributed by atoms with Crippen LogP contribution in [0.4, 0.5) is 11.4 Å². The summed E-state index contributed by atoms with van der Waals surface area (Å²) in [6.45, 7) is 0.294. The molecule has 7 nitrogen and oxygen atoms in total. The minimum Gasteiger partial charge on any atom is -0.352 e. The van der Waals surface area contributed by atoms with Gasteiger partial charge in [-0.25, -0.2) is 8.42 Å². The number of carbonyl (C=O) groups is 2. The second-order valence-corrected chi connectivity index (χ2v) is 10.7. The number of para-hydroxylation sites is 2. The average Bonchev–Trinajstić information content (AvgIpc) is 2.88. The highest BCUT2D eigenvalue weighted by molar-refractivity contribution is 7.93. The molecule has 1 unspecified atom stereocenters. The van der Waals surface area contributed by atoms with Crippen molar-refractivity contribution in [3.8, 4) is 0 Å². The number of benzene rings is 3. The molecule has 0 fully saturated rings. The summed E-state index contributed by atoms with van der Waals surface area (Å²) in [5.41, 5.74) is 3.87. The molecule has 8 heteroatoms. The van der Waals surface area contributed by atoms with E-state index in [1.54, 1.807) is 36.4 Å². The van der Waals surface area contributed by atoms with Gasteiger partial charge in [0.2, 0.25) is 11.8 Å². The number of hydrogen-bond acceptors (Lipinski definition) is 4. The summed E-state index contributed by atoms with van der Waals surface area (Å²) in [5, 5.41) is 5.57. The maximum absolute atomic E-state index is 14.0. The molecule has 0 aromatic heterocycles. The Balaban J connectivity index is 1.47. The van der Waals surface area contributed by atoms with Gasteiger partial charge in [0.05, 0.1) is 22.7 Å². The second-order valence-electron chi connectivity index (χ2n) is 8.93. The minimum absolute atomic E-state index is 0.136. The summed E-state index contributed by atoms with van der Waals surface area (Å²) in [6, 6.07) is 20.2. The Labute approximate surface area is 205 Å². The van der Waals surface area contributed by atoms with Gasteiger partial charge in [0, 0.05) is 6.54 Å². The molecule has 0 saturated heterocycles. The van der Waals surface area contributed by atoms with Crippen LogP contribution in [0.15, 0.2) is 77.7 Å². The van der Waals surface area contributed by atoms with Crippen molar-refractivity contribution in [1.29, 1.82) is 0 Å². The van der Waals surface area contributed by atoms with E-state index in [0.29, 0.717) is 17.9 Å². The summed E-state index contributed by atoms with van der Waals surface area (Å²) >= 11 is 0. The fraction of sp³-hybridized carbons (Fsp3) is 0.259. The van der Waals surface area contributed by atoms with E-state index >= 15 is 0 Å². The van der Waals surface area contributed by atoms with Crippen LogP contribution in [-0.4, -0.2) is 26.3 Å². The van der Waals surface area contributed by atoms with Gasteiger partial charge in [-0.3, -0.25) is 13.9 Å². The topological polar surface area (TPSA) is 95.6 Å². The maximum atomic E-state index is 14.0. The monoisotopic (exact) mass is 489 g/mol. The van der Waals surface area contributed by atoms with Gasteiger partial charge in [-0.05, 0) is 66.6 Å². The van der Waals surface area contributed by atoms with Crippen molar-refractivity contribution in [3.63, 3.8) is 0 Å². The number of carbonyl (C=O) groups excluding carboxylic acids is 2. The molecule has 0 saturated carbocycles. The van der Waals surface area contributed by atoms with Crippen molar-refractivity contribution in [3.05, 3.63) is 89.5 Å². The number of rotatable bonds is 6. The Morgan fingerprint density at radius 2 is 1.66 bits per heavy atom. The summed E-state index contributed by atoms with van der Waals surface area (Å²) in [5.74, 6) is -0.931. The van der Waals surface area contributed by atoms with Crippen LogP contribution in [0, 0.1) is 0 Å². The minimum atomic E-state index is -4.11. The lowest BCUT2D eigenvalue weighted by Gasteiger charge is -2.37. The molecule has 180 valence electrons. The Hall–Kier alpha value is -3.65. The van der Waals surface area contributed by atoms with Crippen LogP contribution in [-0.2, 0) is 39.0 Å². The van der Waals surface area contributed by atoms with Crippen LogP contribution < -0.4 is 14.9 Å². The van der Waals surface area contributed by atoms with Gasteiger partial charge >= 0.3 is 0 Å². The number of nitrogens with one attached hydrogen (secondary N) is 2. The molecule has 0 bridgehead atoms. The van der Waals surface area contributed by atoms with Gasteiger partial charge in [-0.15, -0.1) is 0 Å². The lowest BCUT2D eigenvalue weighted by atomic mass is 9.92. The third-order valence-electron chi connectivity index (χ3n) is 6.57. The Bertz CT molecular complexity index is 1370. The molecule has 5 rings (SSSR count). The highest BCUT2D eigenvalue weighted by Crippen LogP contribution is 2.38. The van der Waals surface area contributed by atoms with Gasteiger partial charge in [0.1, 0.15) is 6.04 Å². The first kappa shape index (κ1) is 23.1. The molecule has 3 aromatic rings. The maximum Gasteiger partial charge on any atom is 0.265 e. The molecule has 2 amide bonds. The largest absolute Gasteiger partial charge is 0.352 e. The molecule has 1 aliphatic heterocycles. The lowest BCUT2D eigenvalue weighted by Crippen LogP contribution is -2.52. The van der Waals surface area contributed by atoms with Crippen LogP contribution in [0.2, 0.25) is 0 Å². The summed E-state index contributed by atoms with van der Waals surface area (Å²) in [4.78, 5) is 26.1. The van der Waals surface area contributed by atoms with E-state index < -0.39 is 27.9 Å². The third-order valence-corrected chi connectivity index (χ3v) is 8.39. The fourth-order valence-electron chi connectivity index (χ4n) is 4.76. The number of anilines is 2. The number of sulfonamides is 1. The smallest absolute Gasteiger partial charge is 0.265 e. The van der Waals surface area contributed by atoms with Crippen LogP contribution >= 0.6 is 0 Å². The molecule has 2 aliphatic rings. The summed E-state index contributed by atoms with van der Waals surface area (Å²) < 4.78 is 29.1. The Morgan fingerprint density at radius 3 is 2.46 bits per heavy atom. The zero-order chi connectivity index (χ0) is 24.4. The van der Waals surface area contributed by atoms with Crippen molar-refractivity contribution in [2.75, 3.05) is 9.62 Å². The normalized spacial score (nSPS) is 17.2. The number of fused-ring (bicyclic) bond motifs is 2. The molecule has 1 heterocycles. The molecule has 1 atom stereocenters.